The van der Waals surface area contributed by atoms with Crippen molar-refractivity contribution in [2.24, 2.45) is 17.8 Å². The molecule has 3 atom stereocenters. The zero-order valence-corrected chi connectivity index (χ0v) is 22.2. The minimum atomic E-state index is -4.45. The molecule has 41 heavy (non-hydrogen) atoms. The molecule has 15 heteroatoms. The van der Waals surface area contributed by atoms with Crippen LogP contribution in [0.2, 0.25) is 0 Å². The van der Waals surface area contributed by atoms with Crippen LogP contribution in [0.5, 0.6) is 0 Å². The predicted octanol–water partition coefficient (Wildman–Crippen LogP) is 4.53. The summed E-state index contributed by atoms with van der Waals surface area (Å²) in [5, 5.41) is 13.2. The lowest BCUT2D eigenvalue weighted by molar-refractivity contribution is -0.148. The molecule has 0 aromatic carbocycles. The second kappa shape index (κ2) is 11.4. The van der Waals surface area contributed by atoms with Gasteiger partial charge in [0.2, 0.25) is 11.7 Å². The van der Waals surface area contributed by atoms with Crippen LogP contribution in [0.3, 0.4) is 0 Å². The smallest absolute Gasteiger partial charge is 0.342 e. The fraction of sp³-hybridized carbons (Fsp3) is 0.615. The lowest BCUT2D eigenvalue weighted by atomic mass is 9.81. The summed E-state index contributed by atoms with van der Waals surface area (Å²) < 4.78 is 72.6. The van der Waals surface area contributed by atoms with Gasteiger partial charge in [0.25, 0.3) is 5.91 Å². The van der Waals surface area contributed by atoms with Gasteiger partial charge in [0.05, 0.1) is 29.9 Å². The number of hydrogen-bond acceptors (Lipinski definition) is 8. The highest BCUT2D eigenvalue weighted by Crippen LogP contribution is 2.42. The molecule has 3 heterocycles. The van der Waals surface area contributed by atoms with Gasteiger partial charge in [-0.3, -0.25) is 9.20 Å². The zero-order valence-electron chi connectivity index (χ0n) is 22.2. The van der Waals surface area contributed by atoms with E-state index in [2.05, 4.69) is 35.5 Å². The third-order valence-electron chi connectivity index (χ3n) is 7.77. The molecule has 0 bridgehead atoms. The molecule has 0 saturated heterocycles. The Morgan fingerprint density at radius 1 is 1.12 bits per heavy atom. The van der Waals surface area contributed by atoms with Crippen LogP contribution in [0, 0.1) is 24.7 Å². The van der Waals surface area contributed by atoms with Crippen molar-refractivity contribution in [3.05, 3.63) is 41.2 Å². The van der Waals surface area contributed by atoms with Crippen LogP contribution >= 0.6 is 0 Å². The molecule has 0 radical (unpaired) electrons. The number of nitrogens with one attached hydrogen (secondary N) is 2. The number of nitrogens with zero attached hydrogens (tertiary/aromatic N) is 5. The molecule has 2 aliphatic carbocycles. The average Bonchev–Trinajstić information content (AvgIpc) is 3.50. The Balaban J connectivity index is 1.39. The Hall–Kier alpha value is -3.49. The Morgan fingerprint density at radius 3 is 2.41 bits per heavy atom. The number of hydrogen-bond donors (Lipinski definition) is 2. The van der Waals surface area contributed by atoms with E-state index in [0.717, 1.165) is 12.8 Å². The average molecular weight is 584 g/mol. The third-order valence-corrected chi connectivity index (χ3v) is 7.77. The van der Waals surface area contributed by atoms with Crippen molar-refractivity contribution >= 4 is 18.0 Å². The van der Waals surface area contributed by atoms with E-state index in [1.54, 1.807) is 29.8 Å². The minimum absolute atomic E-state index is 0.0159. The largest absolute Gasteiger partial charge is 0.389 e. The number of alkyl halides is 5. The van der Waals surface area contributed by atoms with Gasteiger partial charge < -0.3 is 15.4 Å². The van der Waals surface area contributed by atoms with E-state index >= 15 is 0 Å². The predicted molar refractivity (Wildman–Crippen MR) is 133 cm³/mol. The van der Waals surface area contributed by atoms with Gasteiger partial charge in [-0.2, -0.15) is 13.2 Å². The summed E-state index contributed by atoms with van der Waals surface area (Å²) in [6.07, 6.45) is -0.513. The maximum absolute atomic E-state index is 13.9. The highest BCUT2D eigenvalue weighted by Gasteiger charge is 2.40. The van der Waals surface area contributed by atoms with E-state index < -0.39 is 36.4 Å². The molecule has 10 nitrogen and oxygen atoms in total. The van der Waals surface area contributed by atoms with Crippen LogP contribution in [0.4, 0.5) is 22.0 Å². The topological polar surface area (TPSA) is 127 Å². The maximum atomic E-state index is 13.9. The molecule has 3 aromatic rings. The third kappa shape index (κ3) is 7.05. The molecule has 1 unspecified atom stereocenters. The van der Waals surface area contributed by atoms with Crippen LogP contribution in [0.15, 0.2) is 23.1 Å². The van der Waals surface area contributed by atoms with Gasteiger partial charge in [-0.15, -0.1) is 0 Å². The normalized spacial score (nSPS) is 20.0. The summed E-state index contributed by atoms with van der Waals surface area (Å²) in [6, 6.07) is 0.648. The first-order valence-corrected chi connectivity index (χ1v) is 13.5. The standard InChI is InChI=1S/C26H30F5N7O3/c1-14-20(37-41-36-14)23(40)35-22(17-4-7-25(27,28)8-5-17)19-12-38-9-6-18(33-24(38)34-19)21(16-2-3-16)32-11-15(13-39)10-26(29,30)31/h6,9,12-13,15-17,21-22,32H,2-5,7-8,10-11H2,1H3,(H,35,40)/t15?,21-,22+/m1/s1. The van der Waals surface area contributed by atoms with E-state index in [9.17, 15) is 31.5 Å². The van der Waals surface area contributed by atoms with Gasteiger partial charge >= 0.3 is 6.18 Å². The van der Waals surface area contributed by atoms with Crippen LogP contribution < -0.4 is 10.6 Å². The molecule has 1 amide bonds. The summed E-state index contributed by atoms with van der Waals surface area (Å²) >= 11 is 0. The zero-order chi connectivity index (χ0) is 29.4. The first kappa shape index (κ1) is 29.0. The van der Waals surface area contributed by atoms with E-state index in [1.165, 1.54) is 0 Å². The van der Waals surface area contributed by atoms with Crippen LogP contribution in [0.1, 0.15) is 84.6 Å². The number of carbonyl (C=O) groups excluding carboxylic acids is 2. The van der Waals surface area contributed by atoms with Crippen molar-refractivity contribution in [1.29, 1.82) is 0 Å². The molecule has 2 N–H and O–H groups in total. The minimum Gasteiger partial charge on any atom is -0.342 e. The monoisotopic (exact) mass is 583 g/mol. The molecule has 3 aromatic heterocycles. The van der Waals surface area contributed by atoms with Crippen molar-refractivity contribution in [3.8, 4) is 0 Å². The SMILES string of the molecule is Cc1nonc1C(=O)N[C@H](c1cn2ccc([C@H](NCC(C=O)CC(F)(F)F)C3CC3)nc2n1)C1CCC(F)(F)CC1. The van der Waals surface area contributed by atoms with E-state index in [4.69, 9.17) is 0 Å². The molecule has 5 rings (SSSR count). The summed E-state index contributed by atoms with van der Waals surface area (Å²) in [4.78, 5) is 33.5. The summed E-state index contributed by atoms with van der Waals surface area (Å²) in [5.41, 5.74) is 1.26. The molecule has 2 saturated carbocycles. The molecule has 0 aliphatic heterocycles. The number of rotatable bonds is 11. The Kier molecular flexibility index (Phi) is 8.08. The van der Waals surface area contributed by atoms with Gasteiger partial charge in [0.15, 0.2) is 5.69 Å². The first-order chi connectivity index (χ1) is 19.4. The molecule has 222 valence electrons. The Bertz CT molecular complexity index is 1380. The molecule has 0 spiro atoms. The van der Waals surface area contributed by atoms with Gasteiger partial charge in [-0.1, -0.05) is 5.16 Å². The lowest BCUT2D eigenvalue weighted by Gasteiger charge is -2.33. The van der Waals surface area contributed by atoms with E-state index in [0.29, 0.717) is 17.7 Å². The number of amides is 1. The van der Waals surface area contributed by atoms with Crippen molar-refractivity contribution < 1.29 is 36.2 Å². The second-order valence-corrected chi connectivity index (χ2v) is 11.0. The van der Waals surface area contributed by atoms with Crippen molar-refractivity contribution in [3.63, 3.8) is 0 Å². The number of imidazole rings is 1. The number of aldehydes is 1. The van der Waals surface area contributed by atoms with Gasteiger partial charge in [-0.05, 0) is 55.7 Å². The molecule has 2 aliphatic rings. The van der Waals surface area contributed by atoms with Crippen molar-refractivity contribution in [2.45, 2.75) is 76.1 Å². The Morgan fingerprint density at radius 2 is 1.80 bits per heavy atom. The Labute approximate surface area is 231 Å². The van der Waals surface area contributed by atoms with Gasteiger partial charge in [-0.25, -0.2) is 23.4 Å². The van der Waals surface area contributed by atoms with Crippen LogP contribution in [0.25, 0.3) is 5.78 Å². The first-order valence-electron chi connectivity index (χ1n) is 13.5. The molecular formula is C26H30F5N7O3. The fourth-order valence-electron chi connectivity index (χ4n) is 5.39. The van der Waals surface area contributed by atoms with Crippen LogP contribution in [-0.2, 0) is 4.79 Å². The highest BCUT2D eigenvalue weighted by atomic mass is 19.4. The van der Waals surface area contributed by atoms with Crippen molar-refractivity contribution in [2.75, 3.05) is 6.54 Å². The summed E-state index contributed by atoms with van der Waals surface area (Å²) in [5.74, 6) is -4.43. The number of aryl methyl sites for hydroxylation is 1. The maximum Gasteiger partial charge on any atom is 0.389 e. The molecular weight excluding hydrogens is 553 g/mol. The quantitative estimate of drug-likeness (QED) is 0.249. The lowest BCUT2D eigenvalue weighted by Crippen LogP contribution is -2.37. The van der Waals surface area contributed by atoms with E-state index in [1.807, 2.05) is 0 Å². The fourth-order valence-corrected chi connectivity index (χ4v) is 5.39. The number of carbonyl (C=O) groups is 2. The summed E-state index contributed by atoms with van der Waals surface area (Å²) in [6.45, 7) is 1.41. The summed E-state index contributed by atoms with van der Waals surface area (Å²) in [7, 11) is 0. The second-order valence-electron chi connectivity index (χ2n) is 11.0. The van der Waals surface area contributed by atoms with Gasteiger partial charge in [0.1, 0.15) is 12.0 Å². The van der Waals surface area contributed by atoms with Gasteiger partial charge in [0, 0.05) is 37.7 Å². The number of aromatic nitrogens is 5. The number of fused-ring (bicyclic) bond motifs is 1. The molecule has 2 fully saturated rings. The van der Waals surface area contributed by atoms with E-state index in [-0.39, 0.29) is 67.3 Å². The number of halogens is 5. The van der Waals surface area contributed by atoms with Crippen LogP contribution in [-0.4, -0.2) is 55.5 Å². The van der Waals surface area contributed by atoms with Crippen molar-refractivity contribution in [1.82, 2.24) is 35.3 Å². The highest BCUT2D eigenvalue weighted by molar-refractivity contribution is 5.93.